The van der Waals surface area contributed by atoms with Gasteiger partial charge in [-0.25, -0.2) is 24.7 Å². The molecule has 0 aliphatic heterocycles. The lowest BCUT2D eigenvalue weighted by atomic mass is 10.1. The Bertz CT molecular complexity index is 891. The second-order valence-corrected chi connectivity index (χ2v) is 8.86. The third-order valence-electron chi connectivity index (χ3n) is 4.23. The first-order chi connectivity index (χ1) is 15.4. The van der Waals surface area contributed by atoms with Crippen molar-refractivity contribution in [3.8, 4) is 0 Å². The lowest BCUT2D eigenvalue weighted by molar-refractivity contribution is 0.0634. The molecular weight excluding hydrogens is 471 g/mol. The number of nitrogens with one attached hydrogen (secondary N) is 1. The predicted molar refractivity (Wildman–Crippen MR) is 129 cm³/mol. The maximum Gasteiger partial charge on any atom is 0.413 e. The summed E-state index contributed by atoms with van der Waals surface area (Å²) in [6, 6.07) is 0. The molecule has 2 unspecified atom stereocenters. The summed E-state index contributed by atoms with van der Waals surface area (Å²) in [4.78, 5) is 27.4. The van der Waals surface area contributed by atoms with Gasteiger partial charge in [-0.2, -0.15) is 0 Å². The molecule has 1 amide bonds. The van der Waals surface area contributed by atoms with Gasteiger partial charge in [0.05, 0.1) is 12.2 Å². The number of hydrogen-bond acceptors (Lipinski definition) is 9. The first-order valence-electron chi connectivity index (χ1n) is 10.2. The molecule has 0 saturated heterocycles. The van der Waals surface area contributed by atoms with Crippen LogP contribution in [-0.2, 0) is 27.1 Å². The van der Waals surface area contributed by atoms with E-state index in [2.05, 4.69) is 25.3 Å². The number of nitrogens with zero attached hydrogens (tertiary/aromatic N) is 4. The molecule has 33 heavy (non-hydrogen) atoms. The van der Waals surface area contributed by atoms with E-state index in [0.717, 1.165) is 5.56 Å². The molecule has 0 spiro atoms. The standard InChI is InChI=1S/C13H20ClN3O3.C8H12ClN3O/c1-8(19-5)6-9-10(14)15-7-16-11(9)17-12(18)20-13(2,3)4;1-5(13-2)3-6-7(9)11-4-12-8(6)10/h7-8H,6H2,1-5H3,(H,15,16,17,18);4-5H,3H2,1-2H3,(H2,10,11,12). The summed E-state index contributed by atoms with van der Waals surface area (Å²) >= 11 is 11.9. The monoisotopic (exact) mass is 502 g/mol. The number of halogens is 2. The lowest BCUT2D eigenvalue weighted by Gasteiger charge is -2.20. The first-order valence-corrected chi connectivity index (χ1v) is 10.9. The molecule has 2 atom stereocenters. The summed E-state index contributed by atoms with van der Waals surface area (Å²) in [7, 11) is 3.24. The maximum atomic E-state index is 11.8. The zero-order valence-electron chi connectivity index (χ0n) is 20.0. The highest BCUT2D eigenvalue weighted by atomic mass is 35.5. The fraction of sp³-hybridized carbons (Fsp3) is 0.571. The van der Waals surface area contributed by atoms with E-state index >= 15 is 0 Å². The Labute approximate surface area is 204 Å². The van der Waals surface area contributed by atoms with Crippen molar-refractivity contribution in [1.29, 1.82) is 0 Å². The van der Waals surface area contributed by atoms with Gasteiger partial charge in [-0.05, 0) is 34.6 Å². The second-order valence-electron chi connectivity index (χ2n) is 8.15. The summed E-state index contributed by atoms with van der Waals surface area (Å²) in [6.45, 7) is 9.18. The van der Waals surface area contributed by atoms with Gasteiger partial charge in [-0.1, -0.05) is 23.2 Å². The first kappa shape index (κ1) is 28.8. The van der Waals surface area contributed by atoms with Crippen molar-refractivity contribution in [3.05, 3.63) is 34.1 Å². The third-order valence-corrected chi connectivity index (χ3v) is 4.88. The molecule has 0 saturated carbocycles. The van der Waals surface area contributed by atoms with Crippen LogP contribution in [0.2, 0.25) is 10.3 Å². The molecule has 0 bridgehead atoms. The van der Waals surface area contributed by atoms with Crippen molar-refractivity contribution in [1.82, 2.24) is 19.9 Å². The molecule has 12 heteroatoms. The molecule has 0 aromatic carbocycles. The fourth-order valence-electron chi connectivity index (χ4n) is 2.41. The Hall–Kier alpha value is -2.27. The fourth-order valence-corrected chi connectivity index (χ4v) is 2.84. The van der Waals surface area contributed by atoms with E-state index in [-0.39, 0.29) is 17.4 Å². The number of aromatic nitrogens is 4. The van der Waals surface area contributed by atoms with Crippen LogP contribution < -0.4 is 11.1 Å². The SMILES string of the molecule is COC(C)Cc1c(Cl)ncnc1NC(=O)OC(C)(C)C.COC(C)Cc1c(N)ncnc1Cl. The van der Waals surface area contributed by atoms with Gasteiger partial charge in [0.15, 0.2) is 0 Å². The number of ether oxygens (including phenoxy) is 3. The number of nitrogens with two attached hydrogens (primary N) is 1. The molecule has 0 radical (unpaired) electrons. The smallest absolute Gasteiger partial charge is 0.413 e. The summed E-state index contributed by atoms with van der Waals surface area (Å²) in [5, 5.41) is 3.27. The number of carbonyl (C=O) groups is 1. The molecule has 0 aliphatic rings. The Kier molecular flexibility index (Phi) is 11.7. The van der Waals surface area contributed by atoms with E-state index < -0.39 is 11.7 Å². The van der Waals surface area contributed by atoms with Crippen LogP contribution in [0.3, 0.4) is 0 Å². The molecule has 2 aromatic heterocycles. The van der Waals surface area contributed by atoms with Crippen LogP contribution in [0, 0.1) is 0 Å². The van der Waals surface area contributed by atoms with E-state index in [1.807, 2.05) is 13.8 Å². The van der Waals surface area contributed by atoms with Gasteiger partial charge in [-0.3, -0.25) is 5.32 Å². The predicted octanol–water partition coefficient (Wildman–Crippen LogP) is 4.34. The van der Waals surface area contributed by atoms with Crippen LogP contribution in [-0.4, -0.2) is 58.1 Å². The summed E-state index contributed by atoms with van der Waals surface area (Å²) in [5.74, 6) is 0.757. The summed E-state index contributed by atoms with van der Waals surface area (Å²) in [5.41, 5.74) is 6.42. The summed E-state index contributed by atoms with van der Waals surface area (Å²) in [6.07, 6.45) is 3.15. The Morgan fingerprint density at radius 3 is 1.94 bits per heavy atom. The molecule has 3 N–H and O–H groups in total. The molecular formula is C21H32Cl2N6O4. The maximum absolute atomic E-state index is 11.8. The molecule has 0 fully saturated rings. The highest BCUT2D eigenvalue weighted by molar-refractivity contribution is 6.30. The Balaban J connectivity index is 0.000000361. The minimum absolute atomic E-state index is 0.0609. The normalized spacial score (nSPS) is 12.9. The van der Waals surface area contributed by atoms with Crippen LogP contribution in [0.1, 0.15) is 45.7 Å². The summed E-state index contributed by atoms with van der Waals surface area (Å²) < 4.78 is 15.5. The van der Waals surface area contributed by atoms with Crippen LogP contribution in [0.5, 0.6) is 0 Å². The molecule has 0 aliphatic carbocycles. The third kappa shape index (κ3) is 10.5. The topological polar surface area (TPSA) is 134 Å². The zero-order valence-corrected chi connectivity index (χ0v) is 21.5. The van der Waals surface area contributed by atoms with Gasteiger partial charge >= 0.3 is 6.09 Å². The van der Waals surface area contributed by atoms with Gasteiger partial charge in [0.25, 0.3) is 0 Å². The number of rotatable bonds is 7. The molecule has 10 nitrogen and oxygen atoms in total. The van der Waals surface area contributed by atoms with Crippen molar-refractivity contribution >= 4 is 40.9 Å². The molecule has 2 aromatic rings. The van der Waals surface area contributed by atoms with Crippen molar-refractivity contribution in [3.63, 3.8) is 0 Å². The highest BCUT2D eigenvalue weighted by Crippen LogP contribution is 2.23. The number of methoxy groups -OCH3 is 2. The van der Waals surface area contributed by atoms with Crippen molar-refractivity contribution < 1.29 is 19.0 Å². The van der Waals surface area contributed by atoms with Gasteiger partial charge < -0.3 is 19.9 Å². The largest absolute Gasteiger partial charge is 0.444 e. The van der Waals surface area contributed by atoms with Gasteiger partial charge in [0, 0.05) is 38.2 Å². The van der Waals surface area contributed by atoms with E-state index in [4.69, 9.17) is 43.1 Å². The minimum Gasteiger partial charge on any atom is -0.444 e. The van der Waals surface area contributed by atoms with E-state index in [1.165, 1.54) is 12.7 Å². The van der Waals surface area contributed by atoms with E-state index in [0.29, 0.717) is 35.2 Å². The lowest BCUT2D eigenvalue weighted by Crippen LogP contribution is -2.28. The zero-order chi connectivity index (χ0) is 25.2. The second kappa shape index (κ2) is 13.4. The van der Waals surface area contributed by atoms with Crippen molar-refractivity contribution in [2.75, 3.05) is 25.3 Å². The van der Waals surface area contributed by atoms with Crippen LogP contribution in [0.4, 0.5) is 16.4 Å². The number of carbonyl (C=O) groups excluding carboxylic acids is 1. The molecule has 2 rings (SSSR count). The highest BCUT2D eigenvalue weighted by Gasteiger charge is 2.20. The van der Waals surface area contributed by atoms with Crippen molar-refractivity contribution in [2.45, 2.75) is 65.3 Å². The van der Waals surface area contributed by atoms with E-state index in [9.17, 15) is 4.79 Å². The van der Waals surface area contributed by atoms with Crippen LogP contribution in [0.25, 0.3) is 0 Å². The average Bonchev–Trinajstić information content (AvgIpc) is 2.72. The average molecular weight is 503 g/mol. The van der Waals surface area contributed by atoms with Gasteiger partial charge in [0.2, 0.25) is 0 Å². The molecule has 184 valence electrons. The van der Waals surface area contributed by atoms with Crippen molar-refractivity contribution in [2.24, 2.45) is 0 Å². The number of hydrogen-bond donors (Lipinski definition) is 2. The van der Waals surface area contributed by atoms with E-state index in [1.54, 1.807) is 35.0 Å². The number of nitrogen functional groups attached to an aromatic ring is 1. The van der Waals surface area contributed by atoms with Gasteiger partial charge in [0.1, 0.15) is 40.2 Å². The Morgan fingerprint density at radius 1 is 0.970 bits per heavy atom. The Morgan fingerprint density at radius 2 is 1.45 bits per heavy atom. The van der Waals surface area contributed by atoms with Gasteiger partial charge in [-0.15, -0.1) is 0 Å². The quantitative estimate of drug-likeness (QED) is 0.529. The number of amides is 1. The molecule has 2 heterocycles. The number of anilines is 2. The van der Waals surface area contributed by atoms with Crippen LogP contribution in [0.15, 0.2) is 12.7 Å². The van der Waals surface area contributed by atoms with Crippen LogP contribution >= 0.6 is 23.2 Å². The minimum atomic E-state index is -0.585.